The van der Waals surface area contributed by atoms with Gasteiger partial charge in [-0.3, -0.25) is 4.79 Å². The molecule has 0 aliphatic carbocycles. The van der Waals surface area contributed by atoms with Gasteiger partial charge in [-0.05, 0) is 37.8 Å². The quantitative estimate of drug-likeness (QED) is 0.773. The van der Waals surface area contributed by atoms with Crippen LogP contribution >= 0.6 is 11.8 Å². The number of carbonyl (C=O) groups excluding carboxylic acids is 1. The molecule has 136 valence electrons. The summed E-state index contributed by atoms with van der Waals surface area (Å²) in [6.45, 7) is 10.4. The number of aromatic nitrogens is 2. The summed E-state index contributed by atoms with van der Waals surface area (Å²) < 4.78 is 19.2. The monoisotopic (exact) mass is 365 g/mol. The van der Waals surface area contributed by atoms with Crippen molar-refractivity contribution in [2.24, 2.45) is 5.41 Å². The summed E-state index contributed by atoms with van der Waals surface area (Å²) in [7, 11) is 0. The Kier molecular flexibility index (Phi) is 5.87. The Hall–Kier alpha value is -1.89. The zero-order valence-corrected chi connectivity index (χ0v) is 16.0. The van der Waals surface area contributed by atoms with Crippen LogP contribution in [0, 0.1) is 11.2 Å². The number of carbonyl (C=O) groups is 1. The van der Waals surface area contributed by atoms with Gasteiger partial charge in [0.25, 0.3) is 11.1 Å². The zero-order valence-electron chi connectivity index (χ0n) is 15.2. The molecular weight excluding hydrogens is 341 g/mol. The van der Waals surface area contributed by atoms with E-state index in [1.165, 1.54) is 6.07 Å². The van der Waals surface area contributed by atoms with Gasteiger partial charge < -0.3 is 9.73 Å². The van der Waals surface area contributed by atoms with Crippen LogP contribution in [0.25, 0.3) is 11.5 Å². The largest absolute Gasteiger partial charge is 0.411 e. The van der Waals surface area contributed by atoms with Crippen molar-refractivity contribution in [3.63, 3.8) is 0 Å². The minimum Gasteiger partial charge on any atom is -0.411 e. The molecule has 7 heteroatoms. The first-order valence-corrected chi connectivity index (χ1v) is 9.06. The smallest absolute Gasteiger partial charge is 0.277 e. The molecule has 0 saturated heterocycles. The van der Waals surface area contributed by atoms with E-state index in [0.29, 0.717) is 0 Å². The highest BCUT2D eigenvalue weighted by molar-refractivity contribution is 7.99. The van der Waals surface area contributed by atoms with Crippen LogP contribution in [0.3, 0.4) is 0 Å². The van der Waals surface area contributed by atoms with Gasteiger partial charge in [-0.1, -0.05) is 44.7 Å². The lowest BCUT2D eigenvalue weighted by Crippen LogP contribution is -2.46. The van der Waals surface area contributed by atoms with Crippen LogP contribution < -0.4 is 5.32 Å². The molecule has 0 radical (unpaired) electrons. The summed E-state index contributed by atoms with van der Waals surface area (Å²) >= 11 is 1.13. The molecule has 0 fully saturated rings. The van der Waals surface area contributed by atoms with Crippen molar-refractivity contribution < 1.29 is 13.6 Å². The molecule has 2 rings (SSSR count). The predicted molar refractivity (Wildman–Crippen MR) is 96.7 cm³/mol. The van der Waals surface area contributed by atoms with Crippen LogP contribution in [0.15, 0.2) is 33.9 Å². The summed E-state index contributed by atoms with van der Waals surface area (Å²) in [6.07, 6.45) is 0.856. The van der Waals surface area contributed by atoms with Crippen molar-refractivity contribution in [1.29, 1.82) is 0 Å². The standard InChI is InChI=1S/C18H24FN3O2S/c1-17(2,3)11-18(4,5)20-14(23)10-25-16-22-21-15(24-16)12-8-6-7-9-13(12)19/h6-9H,10-11H2,1-5H3,(H,20,23). The molecule has 5 nitrogen and oxygen atoms in total. The minimum absolute atomic E-state index is 0.106. The Balaban J connectivity index is 1.92. The van der Waals surface area contributed by atoms with E-state index in [0.717, 1.165) is 18.2 Å². The number of nitrogens with zero attached hydrogens (tertiary/aromatic N) is 2. The second kappa shape index (κ2) is 7.56. The van der Waals surface area contributed by atoms with Gasteiger partial charge in [-0.15, -0.1) is 10.2 Å². The number of hydrogen-bond donors (Lipinski definition) is 1. The fourth-order valence-corrected chi connectivity index (χ4v) is 3.49. The Bertz CT molecular complexity index is 738. The molecule has 1 N–H and O–H groups in total. The molecule has 25 heavy (non-hydrogen) atoms. The predicted octanol–water partition coefficient (Wildman–Crippen LogP) is 4.30. The van der Waals surface area contributed by atoms with E-state index < -0.39 is 5.82 Å². The zero-order chi connectivity index (χ0) is 18.7. The fraction of sp³-hybridized carbons (Fsp3) is 0.500. The first kappa shape index (κ1) is 19.4. The maximum absolute atomic E-state index is 13.7. The van der Waals surface area contributed by atoms with E-state index in [2.05, 4.69) is 36.3 Å². The van der Waals surface area contributed by atoms with E-state index in [1.54, 1.807) is 18.2 Å². The first-order valence-electron chi connectivity index (χ1n) is 8.08. The Morgan fingerprint density at radius 2 is 1.88 bits per heavy atom. The van der Waals surface area contributed by atoms with Gasteiger partial charge in [0.15, 0.2) is 0 Å². The van der Waals surface area contributed by atoms with Gasteiger partial charge in [-0.2, -0.15) is 0 Å². The molecule has 0 saturated carbocycles. The van der Waals surface area contributed by atoms with Crippen LogP contribution in [-0.2, 0) is 4.79 Å². The van der Waals surface area contributed by atoms with Crippen molar-refractivity contribution in [1.82, 2.24) is 15.5 Å². The Morgan fingerprint density at radius 3 is 2.52 bits per heavy atom. The van der Waals surface area contributed by atoms with E-state index in [9.17, 15) is 9.18 Å². The van der Waals surface area contributed by atoms with Crippen LogP contribution in [-0.4, -0.2) is 27.4 Å². The second-order valence-corrected chi connectivity index (χ2v) is 8.74. The van der Waals surface area contributed by atoms with E-state index in [4.69, 9.17) is 4.42 Å². The van der Waals surface area contributed by atoms with Gasteiger partial charge in [0, 0.05) is 5.54 Å². The van der Waals surface area contributed by atoms with Gasteiger partial charge in [0.2, 0.25) is 5.91 Å². The van der Waals surface area contributed by atoms with Crippen LogP contribution in [0.4, 0.5) is 4.39 Å². The molecule has 1 aromatic heterocycles. The summed E-state index contributed by atoms with van der Waals surface area (Å²) in [6, 6.07) is 6.19. The summed E-state index contributed by atoms with van der Waals surface area (Å²) in [5, 5.41) is 11.0. The maximum atomic E-state index is 13.7. The highest BCUT2D eigenvalue weighted by atomic mass is 32.2. The molecular formula is C18H24FN3O2S. The van der Waals surface area contributed by atoms with Crippen molar-refractivity contribution in [3.05, 3.63) is 30.1 Å². The minimum atomic E-state index is -0.427. The van der Waals surface area contributed by atoms with Gasteiger partial charge >= 0.3 is 0 Å². The summed E-state index contributed by atoms with van der Waals surface area (Å²) in [5.41, 5.74) is 0.0614. The number of thioether (sulfide) groups is 1. The van der Waals surface area contributed by atoms with Crippen LogP contribution in [0.2, 0.25) is 0 Å². The molecule has 0 unspecified atom stereocenters. The van der Waals surface area contributed by atoms with Crippen molar-refractivity contribution >= 4 is 17.7 Å². The normalized spacial score (nSPS) is 12.2. The number of nitrogens with one attached hydrogen (secondary N) is 1. The van der Waals surface area contributed by atoms with Crippen LogP contribution in [0.5, 0.6) is 0 Å². The Morgan fingerprint density at radius 1 is 1.20 bits per heavy atom. The maximum Gasteiger partial charge on any atom is 0.277 e. The van der Waals surface area contributed by atoms with Gasteiger partial charge in [0.05, 0.1) is 11.3 Å². The average Bonchev–Trinajstić information content (AvgIpc) is 2.91. The third kappa shape index (κ3) is 6.16. The molecule has 0 spiro atoms. The summed E-state index contributed by atoms with van der Waals surface area (Å²) in [5.74, 6) is -0.268. The molecule has 0 aliphatic heterocycles. The number of hydrogen-bond acceptors (Lipinski definition) is 5. The first-order chi connectivity index (χ1) is 11.6. The Labute approximate surface area is 151 Å². The van der Waals surface area contributed by atoms with E-state index >= 15 is 0 Å². The number of benzene rings is 1. The fourth-order valence-electron chi connectivity index (χ4n) is 2.92. The third-order valence-electron chi connectivity index (χ3n) is 3.29. The highest BCUT2D eigenvalue weighted by Crippen LogP contribution is 2.28. The van der Waals surface area contributed by atoms with E-state index in [-0.39, 0.29) is 39.3 Å². The molecule has 2 aromatic rings. The lowest BCUT2D eigenvalue weighted by molar-refractivity contribution is -0.120. The summed E-state index contributed by atoms with van der Waals surface area (Å²) in [4.78, 5) is 12.2. The van der Waals surface area contributed by atoms with Gasteiger partial charge in [0.1, 0.15) is 5.82 Å². The van der Waals surface area contributed by atoms with Crippen molar-refractivity contribution in [2.75, 3.05) is 5.75 Å². The molecule has 1 aromatic carbocycles. The number of amides is 1. The third-order valence-corrected chi connectivity index (χ3v) is 4.11. The van der Waals surface area contributed by atoms with Crippen molar-refractivity contribution in [2.45, 2.75) is 51.8 Å². The molecule has 1 amide bonds. The number of halogens is 1. The lowest BCUT2D eigenvalue weighted by Gasteiger charge is -2.33. The van der Waals surface area contributed by atoms with Crippen molar-refractivity contribution in [3.8, 4) is 11.5 Å². The number of rotatable bonds is 6. The average molecular weight is 365 g/mol. The molecule has 0 aliphatic rings. The van der Waals surface area contributed by atoms with E-state index in [1.807, 2.05) is 13.8 Å². The molecule has 0 bridgehead atoms. The molecule has 0 atom stereocenters. The lowest BCUT2D eigenvalue weighted by atomic mass is 9.82. The molecule has 1 heterocycles. The van der Waals surface area contributed by atoms with Crippen LogP contribution in [0.1, 0.15) is 41.0 Å². The highest BCUT2D eigenvalue weighted by Gasteiger charge is 2.27. The SMILES string of the molecule is CC(C)(C)CC(C)(C)NC(=O)CSc1nnc(-c2ccccc2F)o1. The van der Waals surface area contributed by atoms with Gasteiger partial charge in [-0.25, -0.2) is 4.39 Å². The topological polar surface area (TPSA) is 68.0 Å². The second-order valence-electron chi connectivity index (χ2n) is 7.81.